The lowest BCUT2D eigenvalue weighted by Gasteiger charge is -2.21. The lowest BCUT2D eigenvalue weighted by atomic mass is 9.92. The predicted molar refractivity (Wildman–Crippen MR) is 65.8 cm³/mol. The molecule has 0 aromatic heterocycles. The topological polar surface area (TPSA) is 38.0 Å². The molecule has 2 rings (SSSR count). The van der Waals surface area contributed by atoms with Crippen molar-refractivity contribution >= 4 is 11.4 Å². The second-order valence-corrected chi connectivity index (χ2v) is 5.11. The van der Waals surface area contributed by atoms with E-state index in [0.29, 0.717) is 22.7 Å². The molecule has 0 amide bonds. The van der Waals surface area contributed by atoms with Gasteiger partial charge >= 0.3 is 0 Å². The molecule has 0 bridgehead atoms. The van der Waals surface area contributed by atoms with Crippen LogP contribution in [0.3, 0.4) is 0 Å². The maximum atomic E-state index is 13.5. The SMILES string of the molecule is CC(C)C1(CNc2ccc(N)cc2F)CC1. The van der Waals surface area contributed by atoms with Gasteiger partial charge in [-0.2, -0.15) is 0 Å². The zero-order valence-corrected chi connectivity index (χ0v) is 9.89. The molecule has 2 nitrogen and oxygen atoms in total. The Morgan fingerprint density at radius 3 is 2.62 bits per heavy atom. The van der Waals surface area contributed by atoms with E-state index in [2.05, 4.69) is 19.2 Å². The summed E-state index contributed by atoms with van der Waals surface area (Å²) in [5.41, 5.74) is 6.91. The Labute approximate surface area is 96.0 Å². The summed E-state index contributed by atoms with van der Waals surface area (Å²) in [6.07, 6.45) is 2.49. The highest BCUT2D eigenvalue weighted by Crippen LogP contribution is 2.51. The van der Waals surface area contributed by atoms with E-state index in [9.17, 15) is 4.39 Å². The van der Waals surface area contributed by atoms with Gasteiger partial charge in [0.2, 0.25) is 0 Å². The molecule has 1 aliphatic carbocycles. The first-order chi connectivity index (χ1) is 7.53. The van der Waals surface area contributed by atoms with Crippen molar-refractivity contribution in [2.75, 3.05) is 17.6 Å². The maximum Gasteiger partial charge on any atom is 0.148 e. The third-order valence-electron chi connectivity index (χ3n) is 3.74. The highest BCUT2D eigenvalue weighted by Gasteiger charge is 2.44. The molecule has 0 heterocycles. The number of anilines is 2. The molecule has 0 atom stereocenters. The minimum atomic E-state index is -0.264. The molecule has 1 aliphatic rings. The summed E-state index contributed by atoms with van der Waals surface area (Å²) in [5.74, 6) is 0.386. The van der Waals surface area contributed by atoms with Crippen LogP contribution in [0.5, 0.6) is 0 Å². The van der Waals surface area contributed by atoms with Crippen LogP contribution in [0.2, 0.25) is 0 Å². The van der Waals surface area contributed by atoms with Crippen molar-refractivity contribution in [2.24, 2.45) is 11.3 Å². The Bertz CT molecular complexity index is 384. The summed E-state index contributed by atoms with van der Waals surface area (Å²) in [4.78, 5) is 0. The molecule has 1 aromatic rings. The van der Waals surface area contributed by atoms with Crippen molar-refractivity contribution in [3.8, 4) is 0 Å². The number of nitrogens with one attached hydrogen (secondary N) is 1. The lowest BCUT2D eigenvalue weighted by molar-refractivity contribution is 0.379. The van der Waals surface area contributed by atoms with Crippen LogP contribution in [-0.2, 0) is 0 Å². The molecule has 0 radical (unpaired) electrons. The molecule has 0 saturated heterocycles. The number of halogens is 1. The second-order valence-electron chi connectivity index (χ2n) is 5.11. The van der Waals surface area contributed by atoms with Crippen LogP contribution in [0.1, 0.15) is 26.7 Å². The number of hydrogen-bond acceptors (Lipinski definition) is 2. The van der Waals surface area contributed by atoms with Gasteiger partial charge < -0.3 is 11.1 Å². The van der Waals surface area contributed by atoms with E-state index >= 15 is 0 Å². The summed E-state index contributed by atoms with van der Waals surface area (Å²) in [6, 6.07) is 4.79. The van der Waals surface area contributed by atoms with Crippen LogP contribution in [-0.4, -0.2) is 6.54 Å². The van der Waals surface area contributed by atoms with E-state index < -0.39 is 0 Å². The Morgan fingerprint density at radius 1 is 1.44 bits per heavy atom. The van der Waals surface area contributed by atoms with Crippen molar-refractivity contribution in [2.45, 2.75) is 26.7 Å². The Hall–Kier alpha value is -1.25. The van der Waals surface area contributed by atoms with Crippen molar-refractivity contribution in [1.82, 2.24) is 0 Å². The van der Waals surface area contributed by atoms with E-state index in [0.717, 1.165) is 6.54 Å². The number of rotatable bonds is 4. The summed E-state index contributed by atoms with van der Waals surface area (Å²) in [7, 11) is 0. The van der Waals surface area contributed by atoms with Gasteiger partial charge in [0, 0.05) is 12.2 Å². The average molecular weight is 222 g/mol. The third kappa shape index (κ3) is 2.13. The van der Waals surface area contributed by atoms with E-state index in [4.69, 9.17) is 5.73 Å². The molecule has 0 aliphatic heterocycles. The molecule has 0 spiro atoms. The Morgan fingerprint density at radius 2 is 2.12 bits per heavy atom. The first-order valence-corrected chi connectivity index (χ1v) is 5.82. The molecule has 88 valence electrons. The van der Waals surface area contributed by atoms with Crippen LogP contribution in [0, 0.1) is 17.2 Å². The third-order valence-corrected chi connectivity index (χ3v) is 3.74. The summed E-state index contributed by atoms with van der Waals surface area (Å²) < 4.78 is 13.5. The average Bonchev–Trinajstić information content (AvgIpc) is 2.97. The molecular weight excluding hydrogens is 203 g/mol. The predicted octanol–water partition coefficient (Wildman–Crippen LogP) is 3.26. The highest BCUT2D eigenvalue weighted by molar-refractivity contribution is 5.52. The summed E-state index contributed by atoms with van der Waals surface area (Å²) >= 11 is 0. The number of nitrogens with two attached hydrogens (primary N) is 1. The van der Waals surface area contributed by atoms with Crippen molar-refractivity contribution < 1.29 is 4.39 Å². The van der Waals surface area contributed by atoms with Gasteiger partial charge in [-0.1, -0.05) is 13.8 Å². The number of nitrogen functional groups attached to an aromatic ring is 1. The van der Waals surface area contributed by atoms with E-state index in [1.54, 1.807) is 12.1 Å². The van der Waals surface area contributed by atoms with Crippen molar-refractivity contribution in [3.63, 3.8) is 0 Å². The van der Waals surface area contributed by atoms with Crippen LogP contribution in [0.15, 0.2) is 18.2 Å². The summed E-state index contributed by atoms with van der Waals surface area (Å²) in [6.45, 7) is 5.31. The van der Waals surface area contributed by atoms with Gasteiger partial charge in [0.25, 0.3) is 0 Å². The summed E-state index contributed by atoms with van der Waals surface area (Å²) in [5, 5.41) is 3.19. The molecular formula is C13H19FN2. The van der Waals surface area contributed by atoms with Gasteiger partial charge in [0.15, 0.2) is 0 Å². The smallest absolute Gasteiger partial charge is 0.148 e. The van der Waals surface area contributed by atoms with Gasteiger partial charge in [-0.3, -0.25) is 0 Å². The zero-order valence-electron chi connectivity index (χ0n) is 9.89. The van der Waals surface area contributed by atoms with Gasteiger partial charge in [-0.15, -0.1) is 0 Å². The fourth-order valence-electron chi connectivity index (χ4n) is 2.06. The molecule has 1 fully saturated rings. The fourth-order valence-corrected chi connectivity index (χ4v) is 2.06. The van der Waals surface area contributed by atoms with Crippen molar-refractivity contribution in [3.05, 3.63) is 24.0 Å². The maximum absolute atomic E-state index is 13.5. The molecule has 3 N–H and O–H groups in total. The van der Waals surface area contributed by atoms with E-state index in [-0.39, 0.29) is 5.82 Å². The van der Waals surface area contributed by atoms with Gasteiger partial charge in [0.1, 0.15) is 5.82 Å². The Balaban J connectivity index is 2.00. The first kappa shape index (κ1) is 11.2. The van der Waals surface area contributed by atoms with E-state index in [1.165, 1.54) is 18.9 Å². The Kier molecular flexibility index (Phi) is 2.78. The van der Waals surface area contributed by atoms with E-state index in [1.807, 2.05) is 0 Å². The fraction of sp³-hybridized carbons (Fsp3) is 0.538. The molecule has 1 saturated carbocycles. The minimum Gasteiger partial charge on any atom is -0.399 e. The van der Waals surface area contributed by atoms with Gasteiger partial charge in [0.05, 0.1) is 5.69 Å². The van der Waals surface area contributed by atoms with Crippen LogP contribution in [0.25, 0.3) is 0 Å². The largest absolute Gasteiger partial charge is 0.399 e. The van der Waals surface area contributed by atoms with Gasteiger partial charge in [-0.25, -0.2) is 4.39 Å². The molecule has 1 aromatic carbocycles. The quantitative estimate of drug-likeness (QED) is 0.767. The van der Waals surface area contributed by atoms with Crippen LogP contribution in [0.4, 0.5) is 15.8 Å². The molecule has 16 heavy (non-hydrogen) atoms. The zero-order chi connectivity index (χ0) is 11.8. The van der Waals surface area contributed by atoms with Gasteiger partial charge in [-0.05, 0) is 42.4 Å². The number of hydrogen-bond donors (Lipinski definition) is 2. The van der Waals surface area contributed by atoms with Crippen LogP contribution >= 0.6 is 0 Å². The number of benzene rings is 1. The standard InChI is InChI=1S/C13H19FN2/c1-9(2)13(5-6-13)8-16-12-4-3-10(15)7-11(12)14/h3-4,7,9,16H,5-6,8,15H2,1-2H3. The van der Waals surface area contributed by atoms with Crippen LogP contribution < -0.4 is 11.1 Å². The molecule has 0 unspecified atom stereocenters. The first-order valence-electron chi connectivity index (χ1n) is 5.82. The normalized spacial score (nSPS) is 17.5. The lowest BCUT2D eigenvalue weighted by Crippen LogP contribution is -2.21. The minimum absolute atomic E-state index is 0.264. The monoisotopic (exact) mass is 222 g/mol. The molecule has 3 heteroatoms. The second kappa shape index (κ2) is 3.96. The highest BCUT2D eigenvalue weighted by atomic mass is 19.1. The van der Waals surface area contributed by atoms with Crippen molar-refractivity contribution in [1.29, 1.82) is 0 Å².